The molecule has 1 aliphatic heterocycles. The van der Waals surface area contributed by atoms with Gasteiger partial charge in [0, 0.05) is 68.5 Å². The van der Waals surface area contributed by atoms with Gasteiger partial charge in [-0.1, -0.05) is 44.4 Å². The van der Waals surface area contributed by atoms with Crippen LogP contribution in [0.2, 0.25) is 0 Å². The number of aromatic nitrogens is 1. The molecule has 2 aromatic carbocycles. The van der Waals surface area contributed by atoms with E-state index >= 15 is 0 Å². The number of ether oxygens (including phenoxy) is 1. The first-order valence-corrected chi connectivity index (χ1v) is 14.1. The molecule has 6 heteroatoms. The lowest BCUT2D eigenvalue weighted by Gasteiger charge is -2.35. The summed E-state index contributed by atoms with van der Waals surface area (Å²) in [6.45, 7) is 9.25. The third kappa shape index (κ3) is 7.83. The van der Waals surface area contributed by atoms with Gasteiger partial charge in [-0.2, -0.15) is 0 Å². The molecule has 1 fully saturated rings. The van der Waals surface area contributed by atoms with Crippen molar-refractivity contribution in [3.8, 4) is 5.75 Å². The molecule has 1 aliphatic rings. The second-order valence-electron chi connectivity index (χ2n) is 10.2. The van der Waals surface area contributed by atoms with E-state index in [1.807, 2.05) is 29.2 Å². The summed E-state index contributed by atoms with van der Waals surface area (Å²) >= 11 is 0. The summed E-state index contributed by atoms with van der Waals surface area (Å²) in [5.74, 6) is 1.16. The number of nitrogens with zero attached hydrogens (tertiary/aromatic N) is 3. The Kier molecular flexibility index (Phi) is 10.4. The van der Waals surface area contributed by atoms with E-state index in [0.717, 1.165) is 76.5 Å². The van der Waals surface area contributed by atoms with Crippen LogP contribution in [0.25, 0.3) is 10.9 Å². The average molecular weight is 505 g/mol. The Morgan fingerprint density at radius 3 is 2.43 bits per heavy atom. The second kappa shape index (κ2) is 14.2. The van der Waals surface area contributed by atoms with Crippen LogP contribution in [0.1, 0.15) is 51.0 Å². The summed E-state index contributed by atoms with van der Waals surface area (Å²) in [5, 5.41) is 1.27. The van der Waals surface area contributed by atoms with E-state index < -0.39 is 0 Å². The van der Waals surface area contributed by atoms with Crippen molar-refractivity contribution in [1.82, 2.24) is 14.8 Å². The minimum absolute atomic E-state index is 0.250. The van der Waals surface area contributed by atoms with Crippen LogP contribution < -0.4 is 9.64 Å². The third-order valence-corrected chi connectivity index (χ3v) is 7.61. The Hall–Kier alpha value is -2.83. The van der Waals surface area contributed by atoms with Gasteiger partial charge in [0.05, 0.1) is 7.11 Å². The molecule has 0 unspecified atom stereocenters. The number of benzene rings is 2. The zero-order valence-electron chi connectivity index (χ0n) is 22.8. The number of hydrogen-bond donors (Lipinski definition) is 1. The molecule has 3 aromatic rings. The van der Waals surface area contributed by atoms with Crippen LogP contribution in [0.4, 0.5) is 5.69 Å². The molecule has 4 rings (SSSR count). The number of unbranched alkanes of at least 4 members (excludes halogenated alkanes) is 3. The van der Waals surface area contributed by atoms with Gasteiger partial charge in [-0.3, -0.25) is 4.79 Å². The number of amides is 1. The highest BCUT2D eigenvalue weighted by Crippen LogP contribution is 2.24. The fourth-order valence-electron chi connectivity index (χ4n) is 5.31. The summed E-state index contributed by atoms with van der Waals surface area (Å²) in [5.41, 5.74) is 3.57. The molecular weight excluding hydrogens is 460 g/mol. The normalized spacial score (nSPS) is 14.8. The van der Waals surface area contributed by atoms with Crippen molar-refractivity contribution in [3.05, 3.63) is 60.3 Å². The molecule has 200 valence electrons. The predicted octanol–water partition coefficient (Wildman–Crippen LogP) is 5.73. The number of piperazine rings is 1. The van der Waals surface area contributed by atoms with Crippen molar-refractivity contribution < 1.29 is 9.53 Å². The van der Waals surface area contributed by atoms with Crippen LogP contribution in [-0.4, -0.2) is 73.6 Å². The number of aromatic amines is 1. The first-order valence-electron chi connectivity index (χ1n) is 14.1. The van der Waals surface area contributed by atoms with E-state index in [-0.39, 0.29) is 5.91 Å². The number of hydrogen-bond acceptors (Lipinski definition) is 4. The van der Waals surface area contributed by atoms with Gasteiger partial charge in [-0.05, 0) is 61.7 Å². The summed E-state index contributed by atoms with van der Waals surface area (Å²) < 4.78 is 5.40. The molecule has 2 heterocycles. The summed E-state index contributed by atoms with van der Waals surface area (Å²) in [4.78, 5) is 23.6. The van der Waals surface area contributed by atoms with E-state index in [1.165, 1.54) is 35.7 Å². The minimum Gasteiger partial charge on any atom is -0.497 e. The molecule has 0 bridgehead atoms. The highest BCUT2D eigenvalue weighted by Gasteiger charge is 2.20. The number of fused-ring (bicyclic) bond motifs is 1. The zero-order valence-corrected chi connectivity index (χ0v) is 22.8. The Balaban J connectivity index is 1.18. The molecule has 1 amide bonds. The number of nitrogens with one attached hydrogen (secondary N) is 1. The van der Waals surface area contributed by atoms with Gasteiger partial charge in [-0.25, -0.2) is 0 Å². The van der Waals surface area contributed by atoms with E-state index in [4.69, 9.17) is 4.74 Å². The Bertz CT molecular complexity index is 1090. The van der Waals surface area contributed by atoms with Crippen LogP contribution in [0.5, 0.6) is 5.75 Å². The monoisotopic (exact) mass is 504 g/mol. The van der Waals surface area contributed by atoms with Gasteiger partial charge in [0.25, 0.3) is 0 Å². The zero-order chi connectivity index (χ0) is 25.9. The van der Waals surface area contributed by atoms with E-state index in [2.05, 4.69) is 52.2 Å². The molecular formula is C31H44N4O2. The molecule has 0 saturated carbocycles. The smallest absolute Gasteiger partial charge is 0.228 e. The minimum atomic E-state index is 0.250. The van der Waals surface area contributed by atoms with Gasteiger partial charge in [0.2, 0.25) is 5.91 Å². The Labute approximate surface area is 222 Å². The standard InChI is InChI=1S/C31H44N4O2/c1-3-4-5-9-18-35(27-12-7-6-8-13-27)31(36)16-19-34-22-20-33(21-23-34)17-10-11-26-25-32-30-15-14-28(37-2)24-29(26)30/h6-8,12-15,24-25,32H,3-5,9-11,16-23H2,1-2H3. The summed E-state index contributed by atoms with van der Waals surface area (Å²) in [6, 6.07) is 16.4. The van der Waals surface area contributed by atoms with Crippen LogP contribution in [0, 0.1) is 0 Å². The van der Waals surface area contributed by atoms with Gasteiger partial charge >= 0.3 is 0 Å². The van der Waals surface area contributed by atoms with Crippen LogP contribution in [-0.2, 0) is 11.2 Å². The lowest BCUT2D eigenvalue weighted by molar-refractivity contribution is -0.119. The Morgan fingerprint density at radius 2 is 1.70 bits per heavy atom. The van der Waals surface area contributed by atoms with Gasteiger partial charge in [0.1, 0.15) is 5.75 Å². The number of H-pyrrole nitrogens is 1. The SMILES string of the molecule is CCCCCCN(C(=O)CCN1CCN(CCCc2c[nH]c3ccc(OC)cc23)CC1)c1ccccc1. The molecule has 0 spiro atoms. The number of para-hydroxylation sites is 1. The second-order valence-corrected chi connectivity index (χ2v) is 10.2. The highest BCUT2D eigenvalue weighted by atomic mass is 16.5. The first-order chi connectivity index (χ1) is 18.2. The summed E-state index contributed by atoms with van der Waals surface area (Å²) in [7, 11) is 1.72. The quantitative estimate of drug-likeness (QED) is 0.285. The molecule has 37 heavy (non-hydrogen) atoms. The molecule has 0 atom stereocenters. The fourth-order valence-corrected chi connectivity index (χ4v) is 5.31. The van der Waals surface area contributed by atoms with Crippen molar-refractivity contribution in [1.29, 1.82) is 0 Å². The van der Waals surface area contributed by atoms with Crippen LogP contribution >= 0.6 is 0 Å². The van der Waals surface area contributed by atoms with E-state index in [1.54, 1.807) is 7.11 Å². The Morgan fingerprint density at radius 1 is 0.946 bits per heavy atom. The highest BCUT2D eigenvalue weighted by molar-refractivity contribution is 5.93. The summed E-state index contributed by atoms with van der Waals surface area (Å²) in [6.07, 6.45) is 9.64. The number of methoxy groups -OCH3 is 1. The maximum absolute atomic E-state index is 13.2. The molecule has 0 radical (unpaired) electrons. The molecule has 1 saturated heterocycles. The van der Waals surface area contributed by atoms with Gasteiger partial charge < -0.3 is 24.4 Å². The lowest BCUT2D eigenvalue weighted by Crippen LogP contribution is -2.47. The van der Waals surface area contributed by atoms with Gasteiger partial charge in [-0.15, -0.1) is 0 Å². The first kappa shape index (κ1) is 27.2. The molecule has 0 aliphatic carbocycles. The van der Waals surface area contributed by atoms with Crippen molar-refractivity contribution in [2.75, 3.05) is 57.8 Å². The number of carbonyl (C=O) groups is 1. The third-order valence-electron chi connectivity index (χ3n) is 7.61. The predicted molar refractivity (Wildman–Crippen MR) is 154 cm³/mol. The lowest BCUT2D eigenvalue weighted by atomic mass is 10.1. The number of aryl methyl sites for hydroxylation is 1. The largest absolute Gasteiger partial charge is 0.497 e. The van der Waals surface area contributed by atoms with E-state index in [0.29, 0.717) is 6.42 Å². The van der Waals surface area contributed by atoms with Crippen molar-refractivity contribution in [2.24, 2.45) is 0 Å². The van der Waals surface area contributed by atoms with Crippen LogP contribution in [0.3, 0.4) is 0 Å². The maximum Gasteiger partial charge on any atom is 0.228 e. The number of carbonyl (C=O) groups excluding carboxylic acids is 1. The van der Waals surface area contributed by atoms with Crippen molar-refractivity contribution in [2.45, 2.75) is 51.9 Å². The topological polar surface area (TPSA) is 51.8 Å². The van der Waals surface area contributed by atoms with Crippen molar-refractivity contribution >= 4 is 22.5 Å². The average Bonchev–Trinajstić information content (AvgIpc) is 3.35. The number of rotatable bonds is 14. The molecule has 6 nitrogen and oxygen atoms in total. The maximum atomic E-state index is 13.2. The van der Waals surface area contributed by atoms with Crippen molar-refractivity contribution in [3.63, 3.8) is 0 Å². The van der Waals surface area contributed by atoms with Crippen LogP contribution in [0.15, 0.2) is 54.7 Å². The fraction of sp³-hybridized carbons (Fsp3) is 0.516. The molecule has 1 aromatic heterocycles. The van der Waals surface area contributed by atoms with E-state index in [9.17, 15) is 4.79 Å². The van der Waals surface area contributed by atoms with Gasteiger partial charge in [0.15, 0.2) is 0 Å². The number of anilines is 1. The molecule has 1 N–H and O–H groups in total.